The first-order chi connectivity index (χ1) is 9.06. The van der Waals surface area contributed by atoms with Gasteiger partial charge in [-0.25, -0.2) is 0 Å². The number of ether oxygens (including phenoxy) is 3. The molecule has 0 N–H and O–H groups in total. The van der Waals surface area contributed by atoms with Gasteiger partial charge in [-0.2, -0.15) is 0 Å². The van der Waals surface area contributed by atoms with Gasteiger partial charge in [0.1, 0.15) is 0 Å². The lowest BCUT2D eigenvalue weighted by molar-refractivity contribution is -0.149. The third-order valence-electron chi connectivity index (χ3n) is 3.18. The maximum Gasteiger partial charge on any atom is 0.308 e. The Kier molecular flexibility index (Phi) is 6.80. The first-order valence-electron chi connectivity index (χ1n) is 6.64. The van der Waals surface area contributed by atoms with Crippen molar-refractivity contribution >= 4 is 11.9 Å². The van der Waals surface area contributed by atoms with E-state index in [1.54, 1.807) is 6.92 Å². The second-order valence-corrected chi connectivity index (χ2v) is 4.63. The first kappa shape index (κ1) is 15.9. The van der Waals surface area contributed by atoms with Crippen LogP contribution in [0.5, 0.6) is 0 Å². The summed E-state index contributed by atoms with van der Waals surface area (Å²) in [7, 11) is 1.37. The normalized spacial score (nSPS) is 21.7. The summed E-state index contributed by atoms with van der Waals surface area (Å²) < 4.78 is 15.1. The molecule has 1 rings (SSSR count). The largest absolute Gasteiger partial charge is 0.469 e. The second kappa shape index (κ2) is 8.12. The van der Waals surface area contributed by atoms with Gasteiger partial charge < -0.3 is 14.2 Å². The zero-order valence-corrected chi connectivity index (χ0v) is 11.9. The molecule has 6 nitrogen and oxygen atoms in total. The van der Waals surface area contributed by atoms with Gasteiger partial charge in [-0.05, 0) is 13.8 Å². The average molecular weight is 273 g/mol. The molecule has 110 valence electrons. The molecule has 1 saturated heterocycles. The summed E-state index contributed by atoms with van der Waals surface area (Å²) in [4.78, 5) is 24.8. The van der Waals surface area contributed by atoms with Crippen molar-refractivity contribution in [2.24, 2.45) is 0 Å². The average Bonchev–Trinajstić information content (AvgIpc) is 2.39. The molecular formula is C13H23NO5. The minimum absolute atomic E-state index is 0.0862. The van der Waals surface area contributed by atoms with Crippen molar-refractivity contribution < 1.29 is 23.8 Å². The fourth-order valence-corrected chi connectivity index (χ4v) is 2.13. The summed E-state index contributed by atoms with van der Waals surface area (Å²) in [5, 5.41) is 0. The molecular weight excluding hydrogens is 250 g/mol. The minimum Gasteiger partial charge on any atom is -0.469 e. The Morgan fingerprint density at radius 2 is 2.16 bits per heavy atom. The highest BCUT2D eigenvalue weighted by Gasteiger charge is 2.27. The predicted molar refractivity (Wildman–Crippen MR) is 68.7 cm³/mol. The monoisotopic (exact) mass is 273 g/mol. The summed E-state index contributed by atoms with van der Waals surface area (Å²) in [6.45, 7) is 6.14. The van der Waals surface area contributed by atoms with Crippen LogP contribution in [0.15, 0.2) is 0 Å². The van der Waals surface area contributed by atoms with Crippen molar-refractivity contribution in [3.8, 4) is 0 Å². The Morgan fingerprint density at radius 1 is 1.42 bits per heavy atom. The minimum atomic E-state index is -0.273. The van der Waals surface area contributed by atoms with E-state index < -0.39 is 0 Å². The molecule has 19 heavy (non-hydrogen) atoms. The van der Waals surface area contributed by atoms with Gasteiger partial charge in [0.05, 0.1) is 39.3 Å². The summed E-state index contributed by atoms with van der Waals surface area (Å²) in [5.41, 5.74) is 0. The number of nitrogens with zero attached hydrogens (tertiary/aromatic N) is 1. The van der Waals surface area contributed by atoms with E-state index in [1.165, 1.54) is 7.11 Å². The van der Waals surface area contributed by atoms with Gasteiger partial charge >= 0.3 is 11.9 Å². The highest BCUT2D eigenvalue weighted by Crippen LogP contribution is 2.14. The van der Waals surface area contributed by atoms with Crippen LogP contribution in [-0.2, 0) is 23.8 Å². The van der Waals surface area contributed by atoms with Crippen LogP contribution < -0.4 is 0 Å². The molecule has 0 aromatic rings. The Hall–Kier alpha value is -1.14. The standard InChI is InChI=1S/C13H23NO5/c1-4-18-13(16)7-10(2)14-5-6-19-11(9-14)8-12(15)17-3/h10-11H,4-9H2,1-3H3. The molecule has 1 heterocycles. The van der Waals surface area contributed by atoms with Gasteiger partial charge in [0.15, 0.2) is 0 Å². The molecule has 0 aromatic heterocycles. The van der Waals surface area contributed by atoms with Crippen molar-refractivity contribution in [3.63, 3.8) is 0 Å². The molecule has 0 bridgehead atoms. The number of rotatable bonds is 6. The molecule has 0 aliphatic carbocycles. The van der Waals surface area contributed by atoms with Gasteiger partial charge in [0, 0.05) is 19.1 Å². The van der Waals surface area contributed by atoms with Crippen LogP contribution in [0.2, 0.25) is 0 Å². The highest BCUT2D eigenvalue weighted by molar-refractivity contribution is 5.70. The molecule has 1 aliphatic rings. The van der Waals surface area contributed by atoms with E-state index in [4.69, 9.17) is 9.47 Å². The van der Waals surface area contributed by atoms with Crippen molar-refractivity contribution in [2.75, 3.05) is 33.4 Å². The zero-order valence-electron chi connectivity index (χ0n) is 11.9. The van der Waals surface area contributed by atoms with Crippen LogP contribution in [-0.4, -0.2) is 62.4 Å². The topological polar surface area (TPSA) is 65.1 Å². The quantitative estimate of drug-likeness (QED) is 0.660. The summed E-state index contributed by atoms with van der Waals surface area (Å²) in [6.07, 6.45) is 0.448. The lowest BCUT2D eigenvalue weighted by Crippen LogP contribution is -2.48. The van der Waals surface area contributed by atoms with E-state index in [-0.39, 0.29) is 30.5 Å². The fourth-order valence-electron chi connectivity index (χ4n) is 2.13. The smallest absolute Gasteiger partial charge is 0.308 e. The Labute approximate surface area is 114 Å². The van der Waals surface area contributed by atoms with Crippen LogP contribution in [0.3, 0.4) is 0 Å². The van der Waals surface area contributed by atoms with E-state index in [0.29, 0.717) is 26.2 Å². The molecule has 0 aromatic carbocycles. The Bertz CT molecular complexity index is 307. The molecule has 0 radical (unpaired) electrons. The van der Waals surface area contributed by atoms with E-state index in [1.807, 2.05) is 6.92 Å². The third kappa shape index (κ3) is 5.57. The van der Waals surface area contributed by atoms with Crippen molar-refractivity contribution in [1.82, 2.24) is 4.90 Å². The summed E-state index contributed by atoms with van der Waals surface area (Å²) in [6, 6.07) is 0.0862. The van der Waals surface area contributed by atoms with E-state index in [0.717, 1.165) is 6.54 Å². The number of methoxy groups -OCH3 is 1. The predicted octanol–water partition coefficient (Wildman–Crippen LogP) is 0.592. The van der Waals surface area contributed by atoms with Gasteiger partial charge in [0.25, 0.3) is 0 Å². The number of morpholine rings is 1. The van der Waals surface area contributed by atoms with Crippen molar-refractivity contribution in [2.45, 2.75) is 38.8 Å². The van der Waals surface area contributed by atoms with E-state index in [2.05, 4.69) is 9.64 Å². The Morgan fingerprint density at radius 3 is 2.79 bits per heavy atom. The second-order valence-electron chi connectivity index (χ2n) is 4.63. The van der Waals surface area contributed by atoms with Crippen molar-refractivity contribution in [3.05, 3.63) is 0 Å². The molecule has 0 amide bonds. The lowest BCUT2D eigenvalue weighted by Gasteiger charge is -2.36. The van der Waals surface area contributed by atoms with Crippen LogP contribution in [0.1, 0.15) is 26.7 Å². The number of carbonyl (C=O) groups is 2. The molecule has 0 spiro atoms. The number of hydrogen-bond donors (Lipinski definition) is 0. The molecule has 0 saturated carbocycles. The number of esters is 2. The van der Waals surface area contributed by atoms with E-state index in [9.17, 15) is 9.59 Å². The maximum atomic E-state index is 11.4. The SMILES string of the molecule is CCOC(=O)CC(C)N1CCOC(CC(=O)OC)C1. The summed E-state index contributed by atoms with van der Waals surface area (Å²) in [5.74, 6) is -0.462. The fraction of sp³-hybridized carbons (Fsp3) is 0.846. The van der Waals surface area contributed by atoms with Gasteiger partial charge in [-0.1, -0.05) is 0 Å². The number of hydrogen-bond acceptors (Lipinski definition) is 6. The summed E-state index contributed by atoms with van der Waals surface area (Å²) >= 11 is 0. The van der Waals surface area contributed by atoms with Crippen molar-refractivity contribution in [1.29, 1.82) is 0 Å². The molecule has 6 heteroatoms. The van der Waals surface area contributed by atoms with Gasteiger partial charge in [0.2, 0.25) is 0 Å². The van der Waals surface area contributed by atoms with E-state index >= 15 is 0 Å². The lowest BCUT2D eigenvalue weighted by atomic mass is 10.1. The molecule has 1 aliphatic heterocycles. The van der Waals surface area contributed by atoms with Gasteiger partial charge in [-0.15, -0.1) is 0 Å². The Balaban J connectivity index is 2.40. The van der Waals surface area contributed by atoms with Crippen LogP contribution in [0.25, 0.3) is 0 Å². The third-order valence-corrected chi connectivity index (χ3v) is 3.18. The maximum absolute atomic E-state index is 11.4. The van der Waals surface area contributed by atoms with Gasteiger partial charge in [-0.3, -0.25) is 14.5 Å². The highest BCUT2D eigenvalue weighted by atomic mass is 16.5. The molecule has 1 fully saturated rings. The van der Waals surface area contributed by atoms with Crippen LogP contribution in [0.4, 0.5) is 0 Å². The zero-order chi connectivity index (χ0) is 14.3. The molecule has 2 unspecified atom stereocenters. The molecule has 2 atom stereocenters. The van der Waals surface area contributed by atoms with Crippen LogP contribution in [0, 0.1) is 0 Å². The number of carbonyl (C=O) groups excluding carboxylic acids is 2. The first-order valence-corrected chi connectivity index (χ1v) is 6.64. The van der Waals surface area contributed by atoms with Crippen LogP contribution >= 0.6 is 0 Å².